The summed E-state index contributed by atoms with van der Waals surface area (Å²) in [5, 5.41) is 20.5. The Hall–Kier alpha value is -2.99. The molecule has 0 spiro atoms. The molecule has 0 radical (unpaired) electrons. The van der Waals surface area contributed by atoms with Crippen LogP contribution in [0.4, 0.5) is 4.39 Å². The molecule has 2 nitrogen and oxygen atoms in total. The zero-order chi connectivity index (χ0) is 15.0. The molecule has 21 heavy (non-hydrogen) atoms. The molecule has 3 aromatic carbocycles. The third-order valence-corrected chi connectivity index (χ3v) is 3.38. The first kappa shape index (κ1) is 13.0. The average Bonchev–Trinajstić information content (AvgIpc) is 2.48. The van der Waals surface area contributed by atoms with Crippen molar-refractivity contribution in [2.45, 2.75) is 0 Å². The van der Waals surface area contributed by atoms with Gasteiger partial charge in [-0.1, -0.05) is 24.1 Å². The van der Waals surface area contributed by atoms with Crippen molar-refractivity contribution in [3.05, 3.63) is 59.9 Å². The van der Waals surface area contributed by atoms with Crippen molar-refractivity contribution in [1.82, 2.24) is 0 Å². The number of halogens is 1. The van der Waals surface area contributed by atoms with E-state index in [1.165, 1.54) is 18.2 Å². The number of benzene rings is 3. The number of terminal acetylenes is 1. The highest BCUT2D eigenvalue weighted by Crippen LogP contribution is 2.30. The summed E-state index contributed by atoms with van der Waals surface area (Å²) >= 11 is 0. The first-order valence-corrected chi connectivity index (χ1v) is 6.31. The third-order valence-electron chi connectivity index (χ3n) is 3.38. The second-order valence-corrected chi connectivity index (χ2v) is 4.74. The van der Waals surface area contributed by atoms with E-state index < -0.39 is 5.82 Å². The molecule has 0 aliphatic rings. The largest absolute Gasteiger partial charge is 0.508 e. The van der Waals surface area contributed by atoms with Crippen molar-refractivity contribution < 1.29 is 14.6 Å². The molecule has 0 saturated heterocycles. The van der Waals surface area contributed by atoms with E-state index in [-0.39, 0.29) is 11.5 Å². The molecule has 0 saturated carbocycles. The molecule has 2 N–H and O–H groups in total. The molecule has 3 aromatic rings. The number of phenolic OH excluding ortho intramolecular Hbond substituents is 2. The van der Waals surface area contributed by atoms with Crippen LogP contribution in [0.15, 0.2) is 48.5 Å². The summed E-state index contributed by atoms with van der Waals surface area (Å²) in [5.41, 5.74) is 2.00. The van der Waals surface area contributed by atoms with Gasteiger partial charge in [-0.3, -0.25) is 0 Å². The van der Waals surface area contributed by atoms with Gasteiger partial charge >= 0.3 is 0 Å². The van der Waals surface area contributed by atoms with Crippen LogP contribution in [0.2, 0.25) is 0 Å². The van der Waals surface area contributed by atoms with Crippen molar-refractivity contribution >= 4 is 10.8 Å². The van der Waals surface area contributed by atoms with E-state index in [1.54, 1.807) is 12.1 Å². The van der Waals surface area contributed by atoms with Gasteiger partial charge in [0.2, 0.25) is 0 Å². The first-order chi connectivity index (χ1) is 10.1. The summed E-state index contributed by atoms with van der Waals surface area (Å²) in [6.45, 7) is 0. The fourth-order valence-electron chi connectivity index (χ4n) is 2.33. The van der Waals surface area contributed by atoms with E-state index in [2.05, 4.69) is 5.92 Å². The molecule has 0 heterocycles. The molecule has 0 amide bonds. The lowest BCUT2D eigenvalue weighted by Gasteiger charge is -2.07. The SMILES string of the molecule is C#Cc1cc(O)cc2ccc(-c3ccc(O)c(F)c3)cc12. The van der Waals surface area contributed by atoms with Gasteiger partial charge in [-0.15, -0.1) is 6.42 Å². The average molecular weight is 278 g/mol. The number of hydrogen-bond donors (Lipinski definition) is 2. The fourth-order valence-corrected chi connectivity index (χ4v) is 2.33. The minimum atomic E-state index is -0.671. The zero-order valence-electron chi connectivity index (χ0n) is 11.0. The van der Waals surface area contributed by atoms with Crippen LogP contribution in [0.25, 0.3) is 21.9 Å². The monoisotopic (exact) mass is 278 g/mol. The van der Waals surface area contributed by atoms with Gasteiger partial charge in [-0.05, 0) is 52.2 Å². The predicted molar refractivity (Wildman–Crippen MR) is 80.6 cm³/mol. The van der Waals surface area contributed by atoms with Crippen molar-refractivity contribution in [3.63, 3.8) is 0 Å². The van der Waals surface area contributed by atoms with Crippen molar-refractivity contribution in [1.29, 1.82) is 0 Å². The minimum Gasteiger partial charge on any atom is -0.508 e. The third kappa shape index (κ3) is 2.28. The van der Waals surface area contributed by atoms with E-state index in [0.29, 0.717) is 11.1 Å². The molecular formula is C18H11FO2. The standard InChI is InChI=1S/C18H11FO2/c1-2-11-7-15(20)8-14-4-3-12(9-16(11)14)13-5-6-18(21)17(19)10-13/h1,3-10,20-21H. The number of hydrogen-bond acceptors (Lipinski definition) is 2. The quantitative estimate of drug-likeness (QED) is 0.659. The maximum atomic E-state index is 13.5. The van der Waals surface area contributed by atoms with E-state index >= 15 is 0 Å². The van der Waals surface area contributed by atoms with E-state index in [4.69, 9.17) is 6.42 Å². The first-order valence-electron chi connectivity index (χ1n) is 6.31. The van der Waals surface area contributed by atoms with Crippen LogP contribution in [0.3, 0.4) is 0 Å². The van der Waals surface area contributed by atoms with Gasteiger partial charge in [0.1, 0.15) is 5.75 Å². The highest BCUT2D eigenvalue weighted by molar-refractivity contribution is 5.93. The van der Waals surface area contributed by atoms with Gasteiger partial charge in [-0.25, -0.2) is 4.39 Å². The second-order valence-electron chi connectivity index (χ2n) is 4.74. The maximum Gasteiger partial charge on any atom is 0.165 e. The van der Waals surface area contributed by atoms with Crippen molar-refractivity contribution in [2.75, 3.05) is 0 Å². The highest BCUT2D eigenvalue weighted by atomic mass is 19.1. The van der Waals surface area contributed by atoms with Crippen LogP contribution in [0.1, 0.15) is 5.56 Å². The van der Waals surface area contributed by atoms with Gasteiger partial charge in [0.15, 0.2) is 11.6 Å². The summed E-state index contributed by atoms with van der Waals surface area (Å²) in [4.78, 5) is 0. The minimum absolute atomic E-state index is 0.110. The van der Waals surface area contributed by atoms with Gasteiger partial charge in [0.05, 0.1) is 0 Å². The predicted octanol–water partition coefficient (Wildman–Crippen LogP) is 4.04. The molecule has 0 aliphatic carbocycles. The summed E-state index contributed by atoms with van der Waals surface area (Å²) in [7, 11) is 0. The smallest absolute Gasteiger partial charge is 0.165 e. The van der Waals surface area contributed by atoms with Gasteiger partial charge < -0.3 is 10.2 Å². The molecule has 0 fully saturated rings. The highest BCUT2D eigenvalue weighted by Gasteiger charge is 2.07. The molecular weight excluding hydrogens is 267 g/mol. The molecule has 0 unspecified atom stereocenters. The van der Waals surface area contributed by atoms with Gasteiger partial charge in [-0.2, -0.15) is 0 Å². The Kier molecular flexibility index (Phi) is 3.00. The van der Waals surface area contributed by atoms with E-state index in [1.807, 2.05) is 18.2 Å². The van der Waals surface area contributed by atoms with Crippen LogP contribution in [-0.2, 0) is 0 Å². The number of rotatable bonds is 1. The molecule has 3 rings (SSSR count). The fraction of sp³-hybridized carbons (Fsp3) is 0. The van der Waals surface area contributed by atoms with E-state index in [0.717, 1.165) is 16.3 Å². The Morgan fingerprint density at radius 3 is 2.33 bits per heavy atom. The summed E-state index contributed by atoms with van der Waals surface area (Å²) in [5.74, 6) is 1.59. The molecule has 0 bridgehead atoms. The Morgan fingerprint density at radius 2 is 1.62 bits per heavy atom. The molecule has 0 aromatic heterocycles. The van der Waals surface area contributed by atoms with Crippen LogP contribution in [0.5, 0.6) is 11.5 Å². The second kappa shape index (κ2) is 4.84. The number of aromatic hydroxyl groups is 2. The Labute approximate surface area is 121 Å². The van der Waals surface area contributed by atoms with Crippen LogP contribution < -0.4 is 0 Å². The Balaban J connectivity index is 2.23. The van der Waals surface area contributed by atoms with Crippen molar-refractivity contribution in [3.8, 4) is 35.0 Å². The van der Waals surface area contributed by atoms with Gasteiger partial charge in [0.25, 0.3) is 0 Å². The lowest BCUT2D eigenvalue weighted by molar-refractivity contribution is 0.432. The van der Waals surface area contributed by atoms with Crippen LogP contribution in [-0.4, -0.2) is 10.2 Å². The summed E-state index contributed by atoms with van der Waals surface area (Å²) < 4.78 is 13.5. The molecule has 3 heteroatoms. The summed E-state index contributed by atoms with van der Waals surface area (Å²) in [6.07, 6.45) is 5.46. The number of fused-ring (bicyclic) bond motifs is 1. The molecule has 0 aliphatic heterocycles. The lowest BCUT2D eigenvalue weighted by atomic mass is 9.98. The van der Waals surface area contributed by atoms with Crippen LogP contribution >= 0.6 is 0 Å². The van der Waals surface area contributed by atoms with Crippen molar-refractivity contribution in [2.24, 2.45) is 0 Å². The number of phenols is 2. The summed E-state index contributed by atoms with van der Waals surface area (Å²) in [6, 6.07) is 12.8. The normalized spacial score (nSPS) is 10.5. The zero-order valence-corrected chi connectivity index (χ0v) is 11.0. The topological polar surface area (TPSA) is 40.5 Å². The lowest BCUT2D eigenvalue weighted by Crippen LogP contribution is -1.85. The molecule has 0 atom stereocenters. The van der Waals surface area contributed by atoms with E-state index in [9.17, 15) is 14.6 Å². The Bertz CT molecular complexity index is 892. The van der Waals surface area contributed by atoms with Gasteiger partial charge in [0, 0.05) is 5.56 Å². The maximum absolute atomic E-state index is 13.5. The Morgan fingerprint density at radius 1 is 0.905 bits per heavy atom. The van der Waals surface area contributed by atoms with Crippen LogP contribution in [0, 0.1) is 18.2 Å². The molecule has 102 valence electrons.